The number of para-hydroxylation sites is 1. The number of H-pyrrole nitrogens is 1. The number of rotatable bonds is 1. The molecule has 0 saturated heterocycles. The minimum absolute atomic E-state index is 0.0175. The molecule has 2 atom stereocenters. The molecule has 4 nitrogen and oxygen atoms in total. The number of aromatic nitrogens is 2. The van der Waals surface area contributed by atoms with Gasteiger partial charge in [0.05, 0.1) is 28.7 Å². The third-order valence-corrected chi connectivity index (χ3v) is 4.20. The van der Waals surface area contributed by atoms with Gasteiger partial charge in [-0.1, -0.05) is 18.9 Å². The first-order chi connectivity index (χ1) is 9.22. The molecule has 0 radical (unpaired) electrons. The predicted molar refractivity (Wildman–Crippen MR) is 75.3 cm³/mol. The summed E-state index contributed by atoms with van der Waals surface area (Å²) in [5.74, 6) is 0. The molecule has 0 aliphatic heterocycles. The van der Waals surface area contributed by atoms with Gasteiger partial charge in [0, 0.05) is 0 Å². The zero-order valence-electron chi connectivity index (χ0n) is 10.5. The van der Waals surface area contributed by atoms with Crippen LogP contribution in [0.3, 0.4) is 0 Å². The van der Waals surface area contributed by atoms with Crippen LogP contribution in [0.4, 0.5) is 0 Å². The number of imidazole rings is 1. The molecule has 0 bridgehead atoms. The van der Waals surface area contributed by atoms with Crippen LogP contribution < -0.4 is 0 Å². The van der Waals surface area contributed by atoms with Crippen molar-refractivity contribution in [2.45, 2.75) is 37.8 Å². The Morgan fingerprint density at radius 1 is 1.37 bits per heavy atom. The van der Waals surface area contributed by atoms with Crippen LogP contribution in [0.2, 0.25) is 0 Å². The lowest BCUT2D eigenvalue weighted by Gasteiger charge is -2.29. The van der Waals surface area contributed by atoms with E-state index in [0.717, 1.165) is 36.7 Å². The highest BCUT2D eigenvalue weighted by Gasteiger charge is 2.26. The molecular weight excluding hydrogens is 258 g/mol. The van der Waals surface area contributed by atoms with E-state index in [-0.39, 0.29) is 12.1 Å². The minimum atomic E-state index is -0.356. The lowest BCUT2D eigenvalue weighted by molar-refractivity contribution is 0.0767. The van der Waals surface area contributed by atoms with Gasteiger partial charge in [-0.2, -0.15) is 5.26 Å². The van der Waals surface area contributed by atoms with Crippen LogP contribution in [0.5, 0.6) is 0 Å². The van der Waals surface area contributed by atoms with E-state index >= 15 is 0 Å². The topological polar surface area (TPSA) is 64.7 Å². The molecule has 2 N–H and O–H groups in total. The molecule has 2 aromatic rings. The summed E-state index contributed by atoms with van der Waals surface area (Å²) in [4.78, 5) is 3.11. The van der Waals surface area contributed by atoms with Gasteiger partial charge in [0.15, 0.2) is 4.77 Å². The second kappa shape index (κ2) is 4.80. The number of aliphatic hydroxyl groups excluding tert-OH is 1. The predicted octanol–water partition coefficient (Wildman–Crippen LogP) is 3.05. The smallest absolute Gasteiger partial charge is 0.178 e. The van der Waals surface area contributed by atoms with Crippen molar-refractivity contribution >= 4 is 23.3 Å². The van der Waals surface area contributed by atoms with Gasteiger partial charge >= 0.3 is 0 Å². The average molecular weight is 273 g/mol. The third kappa shape index (κ3) is 1.97. The standard InChI is InChI=1S/C14H15N3OS/c15-8-9-4-3-6-11-13(9)16-14(19)17(11)10-5-1-2-7-12(10)18/h3-4,6,10,12,18H,1-2,5,7H2,(H,16,19). The third-order valence-electron chi connectivity index (χ3n) is 3.90. The largest absolute Gasteiger partial charge is 0.391 e. The molecule has 1 heterocycles. The van der Waals surface area contributed by atoms with E-state index in [1.165, 1.54) is 0 Å². The highest BCUT2D eigenvalue weighted by Crippen LogP contribution is 2.32. The molecule has 1 fully saturated rings. The lowest BCUT2D eigenvalue weighted by Crippen LogP contribution is -2.27. The van der Waals surface area contributed by atoms with Crippen LogP contribution in [0.15, 0.2) is 18.2 Å². The summed E-state index contributed by atoms with van der Waals surface area (Å²) in [7, 11) is 0. The first-order valence-electron chi connectivity index (χ1n) is 6.54. The van der Waals surface area contributed by atoms with Gasteiger partial charge in [0.25, 0.3) is 0 Å². The molecule has 3 rings (SSSR count). The summed E-state index contributed by atoms with van der Waals surface area (Å²) in [6, 6.07) is 7.77. The average Bonchev–Trinajstić information content (AvgIpc) is 2.75. The summed E-state index contributed by atoms with van der Waals surface area (Å²) < 4.78 is 2.57. The van der Waals surface area contributed by atoms with E-state index in [1.54, 1.807) is 6.07 Å². The van der Waals surface area contributed by atoms with Gasteiger partial charge in [-0.3, -0.25) is 0 Å². The zero-order chi connectivity index (χ0) is 13.4. The van der Waals surface area contributed by atoms with Crippen molar-refractivity contribution in [2.24, 2.45) is 0 Å². The van der Waals surface area contributed by atoms with Gasteiger partial charge in [-0.05, 0) is 37.2 Å². The van der Waals surface area contributed by atoms with Crippen molar-refractivity contribution in [1.29, 1.82) is 5.26 Å². The first-order valence-corrected chi connectivity index (χ1v) is 6.94. The summed E-state index contributed by atoms with van der Waals surface area (Å²) in [6.07, 6.45) is 3.56. The van der Waals surface area contributed by atoms with E-state index in [4.69, 9.17) is 17.5 Å². The number of nitrogens with zero attached hydrogens (tertiary/aromatic N) is 2. The van der Waals surface area contributed by atoms with Crippen molar-refractivity contribution in [3.05, 3.63) is 28.5 Å². The lowest BCUT2D eigenvalue weighted by atomic mass is 9.92. The molecule has 1 aliphatic carbocycles. The second-order valence-electron chi connectivity index (χ2n) is 5.03. The van der Waals surface area contributed by atoms with Crippen molar-refractivity contribution in [2.75, 3.05) is 0 Å². The zero-order valence-corrected chi connectivity index (χ0v) is 11.3. The van der Waals surface area contributed by atoms with Gasteiger partial charge in [-0.15, -0.1) is 0 Å². The fraction of sp³-hybridized carbons (Fsp3) is 0.429. The number of fused-ring (bicyclic) bond motifs is 1. The Hall–Kier alpha value is -1.64. The fourth-order valence-corrected chi connectivity index (χ4v) is 3.30. The molecule has 98 valence electrons. The maximum atomic E-state index is 10.2. The molecule has 0 spiro atoms. The summed E-state index contributed by atoms with van der Waals surface area (Å²) in [6.45, 7) is 0. The first kappa shape index (κ1) is 12.4. The van der Waals surface area contributed by atoms with Gasteiger partial charge < -0.3 is 14.7 Å². The summed E-state index contributed by atoms with van der Waals surface area (Å²) in [5.41, 5.74) is 2.27. The van der Waals surface area contributed by atoms with Crippen LogP contribution >= 0.6 is 12.2 Å². The molecule has 0 amide bonds. The number of aromatic amines is 1. The number of nitrogens with one attached hydrogen (secondary N) is 1. The van der Waals surface area contributed by atoms with Crippen molar-refractivity contribution in [1.82, 2.24) is 9.55 Å². The van der Waals surface area contributed by atoms with Crippen molar-refractivity contribution < 1.29 is 5.11 Å². The number of aliphatic hydroxyl groups is 1. The van der Waals surface area contributed by atoms with Crippen LogP contribution in [-0.2, 0) is 0 Å². The molecule has 1 aliphatic rings. The number of nitriles is 1. The van der Waals surface area contributed by atoms with Crippen molar-refractivity contribution in [3.63, 3.8) is 0 Å². The SMILES string of the molecule is N#Cc1cccc2c1[nH]c(=S)n2C1CCCCC1O. The molecular formula is C14H15N3OS. The Morgan fingerprint density at radius 3 is 2.89 bits per heavy atom. The molecule has 1 saturated carbocycles. The van der Waals surface area contributed by atoms with E-state index < -0.39 is 0 Å². The summed E-state index contributed by atoms with van der Waals surface area (Å²) >= 11 is 5.38. The van der Waals surface area contributed by atoms with E-state index in [9.17, 15) is 5.11 Å². The second-order valence-corrected chi connectivity index (χ2v) is 5.42. The molecule has 1 aromatic heterocycles. The Kier molecular flexibility index (Phi) is 3.13. The minimum Gasteiger partial charge on any atom is -0.391 e. The van der Waals surface area contributed by atoms with Gasteiger partial charge in [0.2, 0.25) is 0 Å². The maximum absolute atomic E-state index is 10.2. The van der Waals surface area contributed by atoms with Crippen LogP contribution in [0.1, 0.15) is 37.3 Å². The number of hydrogen-bond acceptors (Lipinski definition) is 3. The van der Waals surface area contributed by atoms with E-state index in [1.807, 2.05) is 16.7 Å². The highest BCUT2D eigenvalue weighted by molar-refractivity contribution is 7.71. The van der Waals surface area contributed by atoms with Gasteiger partial charge in [0.1, 0.15) is 6.07 Å². The Balaban J connectivity index is 2.21. The highest BCUT2D eigenvalue weighted by atomic mass is 32.1. The van der Waals surface area contributed by atoms with Crippen molar-refractivity contribution in [3.8, 4) is 6.07 Å². The van der Waals surface area contributed by atoms with Gasteiger partial charge in [-0.25, -0.2) is 0 Å². The molecule has 2 unspecified atom stereocenters. The fourth-order valence-electron chi connectivity index (χ4n) is 2.96. The van der Waals surface area contributed by atoms with E-state index in [2.05, 4.69) is 11.1 Å². The van der Waals surface area contributed by atoms with Crippen LogP contribution in [0.25, 0.3) is 11.0 Å². The van der Waals surface area contributed by atoms with Crippen LogP contribution in [0, 0.1) is 16.1 Å². The number of hydrogen-bond donors (Lipinski definition) is 2. The summed E-state index contributed by atoms with van der Waals surface area (Å²) in [5, 5.41) is 19.3. The normalized spacial score (nSPS) is 23.4. The monoisotopic (exact) mass is 273 g/mol. The van der Waals surface area contributed by atoms with E-state index in [0.29, 0.717) is 10.3 Å². The molecule has 5 heteroatoms. The number of benzene rings is 1. The Bertz CT molecular complexity index is 710. The Labute approximate surface area is 116 Å². The Morgan fingerprint density at radius 2 is 2.16 bits per heavy atom. The quantitative estimate of drug-likeness (QED) is 0.785. The molecule has 1 aromatic carbocycles. The van der Waals surface area contributed by atoms with Crippen LogP contribution in [-0.4, -0.2) is 20.8 Å². The maximum Gasteiger partial charge on any atom is 0.178 e. The molecule has 19 heavy (non-hydrogen) atoms.